The van der Waals surface area contributed by atoms with Crippen molar-refractivity contribution in [1.29, 1.82) is 0 Å². The van der Waals surface area contributed by atoms with Gasteiger partial charge in [-0.25, -0.2) is 0 Å². The number of rotatable bonds is 7. The maximum Gasteiger partial charge on any atom is 0.222 e. The van der Waals surface area contributed by atoms with Gasteiger partial charge in [0.25, 0.3) is 0 Å². The van der Waals surface area contributed by atoms with Crippen LogP contribution in [0.2, 0.25) is 0 Å². The number of amides is 1. The lowest BCUT2D eigenvalue weighted by Gasteiger charge is -2.35. The quantitative estimate of drug-likeness (QED) is 0.764. The van der Waals surface area contributed by atoms with Gasteiger partial charge in [-0.2, -0.15) is 0 Å². The maximum atomic E-state index is 12.4. The highest BCUT2D eigenvalue weighted by Crippen LogP contribution is 2.33. The third-order valence-corrected chi connectivity index (χ3v) is 4.68. The molecule has 1 amide bonds. The van der Waals surface area contributed by atoms with Crippen LogP contribution >= 0.6 is 0 Å². The Morgan fingerprint density at radius 2 is 2.05 bits per heavy atom. The zero-order valence-corrected chi connectivity index (χ0v) is 13.4. The number of nitrogens with two attached hydrogens (primary N) is 1. The van der Waals surface area contributed by atoms with Gasteiger partial charge < -0.3 is 20.3 Å². The summed E-state index contributed by atoms with van der Waals surface area (Å²) in [6, 6.07) is 0. The van der Waals surface area contributed by atoms with Gasteiger partial charge in [-0.05, 0) is 58.2 Å². The molecule has 0 spiro atoms. The van der Waals surface area contributed by atoms with Crippen molar-refractivity contribution in [1.82, 2.24) is 9.80 Å². The van der Waals surface area contributed by atoms with Crippen LogP contribution in [0, 0.1) is 5.92 Å². The average molecular weight is 297 g/mol. The van der Waals surface area contributed by atoms with Crippen molar-refractivity contribution in [3.63, 3.8) is 0 Å². The van der Waals surface area contributed by atoms with E-state index in [1.54, 1.807) is 0 Å². The predicted molar refractivity (Wildman–Crippen MR) is 84.1 cm³/mol. The van der Waals surface area contributed by atoms with E-state index < -0.39 is 0 Å². The highest BCUT2D eigenvalue weighted by molar-refractivity contribution is 5.76. The van der Waals surface area contributed by atoms with Crippen molar-refractivity contribution in [2.24, 2.45) is 11.7 Å². The largest absolute Gasteiger partial charge is 0.378 e. The molecule has 0 aromatic carbocycles. The number of nitrogens with zero attached hydrogens (tertiary/aromatic N) is 2. The fraction of sp³-hybridized carbons (Fsp3) is 0.938. The Balaban J connectivity index is 1.66. The van der Waals surface area contributed by atoms with Gasteiger partial charge >= 0.3 is 0 Å². The molecule has 1 saturated heterocycles. The van der Waals surface area contributed by atoms with E-state index in [1.165, 1.54) is 0 Å². The molecule has 1 aliphatic carbocycles. The van der Waals surface area contributed by atoms with Crippen LogP contribution in [0.5, 0.6) is 0 Å². The Bertz CT molecular complexity index is 319. The van der Waals surface area contributed by atoms with Gasteiger partial charge in [0.1, 0.15) is 0 Å². The molecule has 0 atom stereocenters. The van der Waals surface area contributed by atoms with E-state index in [-0.39, 0.29) is 0 Å². The van der Waals surface area contributed by atoms with Gasteiger partial charge in [-0.1, -0.05) is 0 Å². The lowest BCUT2D eigenvalue weighted by atomic mass is 9.79. The van der Waals surface area contributed by atoms with Gasteiger partial charge in [-0.3, -0.25) is 4.79 Å². The molecule has 1 aliphatic heterocycles. The second-order valence-electron chi connectivity index (χ2n) is 6.34. The number of hydrogen-bond acceptors (Lipinski definition) is 4. The van der Waals surface area contributed by atoms with Crippen LogP contribution in [-0.4, -0.2) is 67.7 Å². The third-order valence-electron chi connectivity index (χ3n) is 4.68. The van der Waals surface area contributed by atoms with E-state index in [9.17, 15) is 4.79 Å². The molecular formula is C16H31N3O2. The van der Waals surface area contributed by atoms with Crippen molar-refractivity contribution in [3.05, 3.63) is 0 Å². The number of carbonyl (C=O) groups is 1. The van der Waals surface area contributed by atoms with Gasteiger partial charge in [0.15, 0.2) is 0 Å². The lowest BCUT2D eigenvalue weighted by molar-refractivity contribution is -0.134. The minimum Gasteiger partial charge on any atom is -0.378 e. The minimum atomic E-state index is 0.343. The van der Waals surface area contributed by atoms with Crippen molar-refractivity contribution < 1.29 is 9.53 Å². The zero-order chi connectivity index (χ0) is 15.1. The fourth-order valence-corrected chi connectivity index (χ4v) is 3.35. The van der Waals surface area contributed by atoms with Gasteiger partial charge in [-0.15, -0.1) is 0 Å². The SMILES string of the molecule is CCOC1CC(CC(=O)N2CCCN(CCCN)CC2)C1. The zero-order valence-electron chi connectivity index (χ0n) is 13.4. The Labute approximate surface area is 128 Å². The van der Waals surface area contributed by atoms with Crippen LogP contribution in [0.1, 0.15) is 39.0 Å². The fourth-order valence-electron chi connectivity index (χ4n) is 3.35. The monoisotopic (exact) mass is 297 g/mol. The Morgan fingerprint density at radius 3 is 2.76 bits per heavy atom. The standard InChI is InChI=1S/C16H31N3O2/c1-2-21-15-11-14(12-15)13-16(20)19-8-4-7-18(9-10-19)6-3-5-17/h14-15H,2-13,17H2,1H3. The molecule has 122 valence electrons. The lowest BCUT2D eigenvalue weighted by Crippen LogP contribution is -2.39. The average Bonchev–Trinajstić information content (AvgIpc) is 2.68. The predicted octanol–water partition coefficient (Wildman–Crippen LogP) is 1.07. The van der Waals surface area contributed by atoms with Crippen LogP contribution < -0.4 is 5.73 Å². The molecule has 2 rings (SSSR count). The molecule has 5 heteroatoms. The van der Waals surface area contributed by atoms with E-state index in [0.717, 1.165) is 71.6 Å². The molecule has 0 aromatic rings. The molecule has 2 N–H and O–H groups in total. The van der Waals surface area contributed by atoms with Crippen LogP contribution in [0.3, 0.4) is 0 Å². The summed E-state index contributed by atoms with van der Waals surface area (Å²) in [6.45, 7) is 8.53. The Kier molecular flexibility index (Phi) is 6.93. The van der Waals surface area contributed by atoms with E-state index in [1.807, 2.05) is 6.92 Å². The first-order valence-electron chi connectivity index (χ1n) is 8.54. The molecule has 21 heavy (non-hydrogen) atoms. The minimum absolute atomic E-state index is 0.343. The smallest absolute Gasteiger partial charge is 0.222 e. The normalized spacial score (nSPS) is 27.2. The Hall–Kier alpha value is -0.650. The molecule has 2 fully saturated rings. The van der Waals surface area contributed by atoms with Crippen LogP contribution in [0.25, 0.3) is 0 Å². The molecule has 0 unspecified atom stereocenters. The Morgan fingerprint density at radius 1 is 1.24 bits per heavy atom. The molecule has 0 aromatic heterocycles. The van der Waals surface area contributed by atoms with Crippen LogP contribution in [0.15, 0.2) is 0 Å². The van der Waals surface area contributed by atoms with E-state index >= 15 is 0 Å². The van der Waals surface area contributed by atoms with Gasteiger partial charge in [0, 0.05) is 32.7 Å². The number of ether oxygens (including phenoxy) is 1. The van der Waals surface area contributed by atoms with E-state index in [0.29, 0.717) is 24.3 Å². The first-order chi connectivity index (χ1) is 10.2. The van der Waals surface area contributed by atoms with Gasteiger partial charge in [0.05, 0.1) is 6.10 Å². The topological polar surface area (TPSA) is 58.8 Å². The molecular weight excluding hydrogens is 266 g/mol. The maximum absolute atomic E-state index is 12.4. The molecule has 2 aliphatic rings. The molecule has 5 nitrogen and oxygen atoms in total. The van der Waals surface area contributed by atoms with E-state index in [2.05, 4.69) is 9.80 Å². The van der Waals surface area contributed by atoms with Crippen LogP contribution in [0.4, 0.5) is 0 Å². The highest BCUT2D eigenvalue weighted by Gasteiger charge is 2.32. The number of carbonyl (C=O) groups excluding carboxylic acids is 1. The summed E-state index contributed by atoms with van der Waals surface area (Å²) in [5, 5.41) is 0. The van der Waals surface area contributed by atoms with E-state index in [4.69, 9.17) is 10.5 Å². The second-order valence-corrected chi connectivity index (χ2v) is 6.34. The second kappa shape index (κ2) is 8.71. The van der Waals surface area contributed by atoms with Gasteiger partial charge in [0.2, 0.25) is 5.91 Å². The number of hydrogen-bond donors (Lipinski definition) is 1. The highest BCUT2D eigenvalue weighted by atomic mass is 16.5. The molecule has 1 heterocycles. The van der Waals surface area contributed by atoms with Crippen molar-refractivity contribution >= 4 is 5.91 Å². The molecule has 1 saturated carbocycles. The molecule has 0 bridgehead atoms. The summed E-state index contributed by atoms with van der Waals surface area (Å²) < 4.78 is 5.56. The van der Waals surface area contributed by atoms with Crippen LogP contribution in [-0.2, 0) is 9.53 Å². The molecule has 0 radical (unpaired) electrons. The summed E-state index contributed by atoms with van der Waals surface area (Å²) in [5.74, 6) is 0.890. The summed E-state index contributed by atoms with van der Waals surface area (Å²) >= 11 is 0. The van der Waals surface area contributed by atoms with Crippen molar-refractivity contribution in [2.45, 2.75) is 45.1 Å². The summed E-state index contributed by atoms with van der Waals surface area (Å²) in [6.07, 6.45) is 5.39. The summed E-state index contributed by atoms with van der Waals surface area (Å²) in [5.41, 5.74) is 5.57. The first kappa shape index (κ1) is 16.7. The third kappa shape index (κ3) is 5.24. The van der Waals surface area contributed by atoms with Crippen molar-refractivity contribution in [2.75, 3.05) is 45.9 Å². The van der Waals surface area contributed by atoms with Crippen molar-refractivity contribution in [3.8, 4) is 0 Å². The summed E-state index contributed by atoms with van der Waals surface area (Å²) in [4.78, 5) is 16.9. The summed E-state index contributed by atoms with van der Waals surface area (Å²) in [7, 11) is 0. The first-order valence-corrected chi connectivity index (χ1v) is 8.54.